The number of hydrogen-bond donors (Lipinski definition) is 1. The fourth-order valence-corrected chi connectivity index (χ4v) is 4.95. The molecule has 2 aliphatic heterocycles. The number of amides is 3. The minimum Gasteiger partial charge on any atom is -0.324 e. The van der Waals surface area contributed by atoms with Crippen molar-refractivity contribution in [1.82, 2.24) is 9.80 Å². The molecule has 0 bridgehead atoms. The molecule has 1 saturated heterocycles. The van der Waals surface area contributed by atoms with Gasteiger partial charge in [0, 0.05) is 12.2 Å². The number of fused-ring (bicyclic) bond motifs is 1. The Bertz CT molecular complexity index is 981. The summed E-state index contributed by atoms with van der Waals surface area (Å²) in [5, 5.41) is 2.92. The molecular formula is C26H31N3O3S. The highest BCUT2D eigenvalue weighted by Gasteiger charge is 2.42. The number of imide groups is 1. The molecule has 7 heteroatoms. The monoisotopic (exact) mass is 465 g/mol. The molecule has 2 heterocycles. The van der Waals surface area contributed by atoms with Crippen molar-refractivity contribution < 1.29 is 14.4 Å². The van der Waals surface area contributed by atoms with Gasteiger partial charge in [0.1, 0.15) is 6.04 Å². The van der Waals surface area contributed by atoms with Crippen LogP contribution >= 0.6 is 11.8 Å². The Morgan fingerprint density at radius 2 is 1.64 bits per heavy atom. The molecule has 2 aromatic carbocycles. The van der Waals surface area contributed by atoms with E-state index >= 15 is 0 Å². The summed E-state index contributed by atoms with van der Waals surface area (Å²) >= 11 is 1.58. The predicted molar refractivity (Wildman–Crippen MR) is 132 cm³/mol. The number of hydrogen-bond acceptors (Lipinski definition) is 5. The van der Waals surface area contributed by atoms with Gasteiger partial charge in [-0.3, -0.25) is 24.2 Å². The van der Waals surface area contributed by atoms with Crippen molar-refractivity contribution in [3.63, 3.8) is 0 Å². The number of benzene rings is 2. The highest BCUT2D eigenvalue weighted by atomic mass is 32.2. The van der Waals surface area contributed by atoms with Gasteiger partial charge in [0.05, 0.1) is 11.1 Å². The normalized spacial score (nSPS) is 17.8. The number of carbonyl (C=O) groups excluding carboxylic acids is 3. The van der Waals surface area contributed by atoms with E-state index in [4.69, 9.17) is 0 Å². The minimum absolute atomic E-state index is 0.337. The topological polar surface area (TPSA) is 69.7 Å². The van der Waals surface area contributed by atoms with Crippen LogP contribution in [0.15, 0.2) is 48.5 Å². The van der Waals surface area contributed by atoms with Crippen molar-refractivity contribution in [2.24, 2.45) is 5.92 Å². The van der Waals surface area contributed by atoms with Gasteiger partial charge in [0.2, 0.25) is 5.91 Å². The summed E-state index contributed by atoms with van der Waals surface area (Å²) in [6, 6.07) is 13.8. The summed E-state index contributed by atoms with van der Waals surface area (Å²) in [7, 11) is 0. The van der Waals surface area contributed by atoms with Crippen LogP contribution in [0.2, 0.25) is 0 Å². The summed E-state index contributed by atoms with van der Waals surface area (Å²) in [5.74, 6) is 0.335. The number of nitrogens with one attached hydrogen (secondary N) is 1. The largest absolute Gasteiger partial charge is 0.324 e. The Balaban J connectivity index is 1.43. The summed E-state index contributed by atoms with van der Waals surface area (Å²) in [6.45, 7) is 5.46. The second kappa shape index (κ2) is 10.5. The molecule has 1 unspecified atom stereocenters. The van der Waals surface area contributed by atoms with E-state index in [-0.39, 0.29) is 5.91 Å². The first-order valence-electron chi connectivity index (χ1n) is 11.6. The van der Waals surface area contributed by atoms with E-state index in [1.54, 1.807) is 36.0 Å². The molecule has 1 N–H and O–H groups in total. The van der Waals surface area contributed by atoms with Gasteiger partial charge in [-0.15, -0.1) is 0 Å². The lowest BCUT2D eigenvalue weighted by atomic mass is 9.99. The number of likely N-dealkylation sites (tertiary alicyclic amines) is 1. The predicted octanol–water partition coefficient (Wildman–Crippen LogP) is 4.27. The van der Waals surface area contributed by atoms with Crippen LogP contribution < -0.4 is 5.32 Å². The van der Waals surface area contributed by atoms with Crippen molar-refractivity contribution in [1.29, 1.82) is 0 Å². The van der Waals surface area contributed by atoms with Gasteiger partial charge in [-0.2, -0.15) is 11.8 Å². The number of piperidine rings is 1. The van der Waals surface area contributed by atoms with Crippen LogP contribution in [-0.4, -0.2) is 58.7 Å². The van der Waals surface area contributed by atoms with Crippen LogP contribution in [0.25, 0.3) is 0 Å². The third kappa shape index (κ3) is 5.31. The molecule has 2 aromatic rings. The molecule has 33 heavy (non-hydrogen) atoms. The standard InChI is InChI=1S/C26H31N3O3S/c1-18-11-14-28(15-12-18)17-19-7-9-20(10-8-19)27-24(30)23(13-16-33-2)29-25(31)21-5-3-4-6-22(21)26(29)32/h3-10,18,23H,11-17H2,1-2H3,(H,27,30). The van der Waals surface area contributed by atoms with Crippen molar-refractivity contribution in [3.8, 4) is 0 Å². The Hall–Kier alpha value is -2.64. The lowest BCUT2D eigenvalue weighted by Gasteiger charge is -2.30. The van der Waals surface area contributed by atoms with E-state index in [0.717, 1.165) is 30.5 Å². The van der Waals surface area contributed by atoms with Crippen LogP contribution in [-0.2, 0) is 11.3 Å². The van der Waals surface area contributed by atoms with Gasteiger partial charge in [-0.05, 0) is 80.1 Å². The molecule has 0 aromatic heterocycles. The maximum Gasteiger partial charge on any atom is 0.262 e. The van der Waals surface area contributed by atoms with Crippen LogP contribution in [0.3, 0.4) is 0 Å². The third-order valence-corrected chi connectivity index (χ3v) is 7.18. The molecule has 4 rings (SSSR count). The Labute approximate surface area is 199 Å². The average Bonchev–Trinajstić information content (AvgIpc) is 3.07. The molecule has 174 valence electrons. The van der Waals surface area contributed by atoms with E-state index < -0.39 is 17.9 Å². The van der Waals surface area contributed by atoms with Crippen LogP contribution in [0.1, 0.15) is 52.5 Å². The van der Waals surface area contributed by atoms with Crippen molar-refractivity contribution >= 4 is 35.2 Å². The molecule has 0 spiro atoms. The highest BCUT2D eigenvalue weighted by Crippen LogP contribution is 2.27. The molecule has 1 fully saturated rings. The number of rotatable bonds is 8. The zero-order chi connectivity index (χ0) is 23.4. The smallest absolute Gasteiger partial charge is 0.262 e. The van der Waals surface area contributed by atoms with E-state index in [1.165, 1.54) is 18.4 Å². The van der Waals surface area contributed by atoms with Crippen LogP contribution in [0.5, 0.6) is 0 Å². The first-order chi connectivity index (χ1) is 16.0. The van der Waals surface area contributed by atoms with Gasteiger partial charge in [0.25, 0.3) is 11.8 Å². The minimum atomic E-state index is -0.847. The molecule has 0 aliphatic carbocycles. The zero-order valence-electron chi connectivity index (χ0n) is 19.3. The summed E-state index contributed by atoms with van der Waals surface area (Å²) in [5.41, 5.74) is 2.60. The first kappa shape index (κ1) is 23.5. The number of carbonyl (C=O) groups is 3. The first-order valence-corrected chi connectivity index (χ1v) is 13.0. The molecule has 0 radical (unpaired) electrons. The van der Waals surface area contributed by atoms with E-state index in [2.05, 4.69) is 17.1 Å². The maximum absolute atomic E-state index is 13.2. The summed E-state index contributed by atoms with van der Waals surface area (Å²) in [6.07, 6.45) is 4.83. The summed E-state index contributed by atoms with van der Waals surface area (Å²) < 4.78 is 0. The van der Waals surface area contributed by atoms with Gasteiger partial charge in [-0.1, -0.05) is 31.2 Å². The van der Waals surface area contributed by atoms with E-state index in [1.807, 2.05) is 30.5 Å². The Morgan fingerprint density at radius 3 is 2.21 bits per heavy atom. The second-order valence-corrected chi connectivity index (χ2v) is 9.95. The Morgan fingerprint density at radius 1 is 1.03 bits per heavy atom. The van der Waals surface area contributed by atoms with Gasteiger partial charge in [0.15, 0.2) is 0 Å². The average molecular weight is 466 g/mol. The van der Waals surface area contributed by atoms with Gasteiger partial charge >= 0.3 is 0 Å². The van der Waals surface area contributed by atoms with Gasteiger partial charge < -0.3 is 5.32 Å². The van der Waals surface area contributed by atoms with Crippen LogP contribution in [0.4, 0.5) is 5.69 Å². The molecule has 1 atom stereocenters. The SMILES string of the molecule is CSCCC(C(=O)Nc1ccc(CN2CCC(C)CC2)cc1)N1C(=O)c2ccccc2C1=O. The third-order valence-electron chi connectivity index (χ3n) is 6.54. The van der Waals surface area contributed by atoms with Crippen molar-refractivity contribution in [3.05, 3.63) is 65.2 Å². The lowest BCUT2D eigenvalue weighted by Crippen LogP contribution is -2.47. The lowest BCUT2D eigenvalue weighted by molar-refractivity contribution is -0.120. The molecule has 6 nitrogen and oxygen atoms in total. The Kier molecular flexibility index (Phi) is 7.50. The number of thioether (sulfide) groups is 1. The highest BCUT2D eigenvalue weighted by molar-refractivity contribution is 7.98. The van der Waals surface area contributed by atoms with Gasteiger partial charge in [-0.25, -0.2) is 0 Å². The van der Waals surface area contributed by atoms with Crippen molar-refractivity contribution in [2.45, 2.75) is 38.8 Å². The summed E-state index contributed by atoms with van der Waals surface area (Å²) in [4.78, 5) is 42.7. The fraction of sp³-hybridized carbons (Fsp3) is 0.423. The van der Waals surface area contributed by atoms with Crippen LogP contribution in [0, 0.1) is 5.92 Å². The van der Waals surface area contributed by atoms with E-state index in [9.17, 15) is 14.4 Å². The second-order valence-electron chi connectivity index (χ2n) is 8.97. The molecule has 2 aliphatic rings. The van der Waals surface area contributed by atoms with E-state index in [0.29, 0.717) is 29.0 Å². The number of anilines is 1. The van der Waals surface area contributed by atoms with Crippen molar-refractivity contribution in [2.75, 3.05) is 30.4 Å². The molecule has 0 saturated carbocycles. The number of nitrogens with zero attached hydrogens (tertiary/aromatic N) is 2. The fourth-order valence-electron chi connectivity index (χ4n) is 4.50. The zero-order valence-corrected chi connectivity index (χ0v) is 20.1. The molecule has 3 amide bonds. The maximum atomic E-state index is 13.2. The quantitative estimate of drug-likeness (QED) is 0.590. The molecular weight excluding hydrogens is 434 g/mol.